The largest absolute Gasteiger partial charge is 0.454 e. The van der Waals surface area contributed by atoms with Crippen molar-refractivity contribution in [3.63, 3.8) is 0 Å². The number of aromatic nitrogens is 1. The molecule has 5 rings (SSSR count). The Balaban J connectivity index is 1.65. The highest BCUT2D eigenvalue weighted by atomic mass is 35.5. The van der Waals surface area contributed by atoms with Crippen LogP contribution >= 0.6 is 11.6 Å². The van der Waals surface area contributed by atoms with E-state index in [1.54, 1.807) is 36.5 Å². The quantitative estimate of drug-likeness (QED) is 0.594. The number of ether oxygens (including phenoxy) is 3. The molecule has 0 radical (unpaired) electrons. The average Bonchev–Trinajstić information content (AvgIpc) is 2.95. The van der Waals surface area contributed by atoms with E-state index in [0.717, 1.165) is 0 Å². The van der Waals surface area contributed by atoms with Crippen LogP contribution in [-0.4, -0.2) is 49.9 Å². The Kier molecular flexibility index (Phi) is 5.67. The van der Waals surface area contributed by atoms with E-state index in [9.17, 15) is 13.2 Å². The van der Waals surface area contributed by atoms with E-state index < -0.39 is 15.9 Å². The first-order valence-electron chi connectivity index (χ1n) is 10.0. The van der Waals surface area contributed by atoms with Crippen LogP contribution < -0.4 is 14.8 Å². The molecule has 0 saturated carbocycles. The summed E-state index contributed by atoms with van der Waals surface area (Å²) in [6.45, 7) is 0.946. The maximum atomic E-state index is 13.5. The van der Waals surface area contributed by atoms with Crippen molar-refractivity contribution in [1.29, 1.82) is 0 Å². The van der Waals surface area contributed by atoms with E-state index in [-0.39, 0.29) is 48.3 Å². The summed E-state index contributed by atoms with van der Waals surface area (Å²) in [6.07, 6.45) is 3.03. The van der Waals surface area contributed by atoms with Gasteiger partial charge in [-0.2, -0.15) is 4.31 Å². The number of anilines is 1. The normalized spacial score (nSPS) is 16.1. The Hall–Kier alpha value is -3.18. The molecule has 1 saturated heterocycles. The summed E-state index contributed by atoms with van der Waals surface area (Å²) in [6, 6.07) is 10.8. The fourth-order valence-corrected chi connectivity index (χ4v) is 5.24. The Labute approximate surface area is 194 Å². The lowest BCUT2D eigenvalue weighted by Gasteiger charge is -2.27. The maximum Gasteiger partial charge on any atom is 0.259 e. The summed E-state index contributed by atoms with van der Waals surface area (Å²) in [5.41, 5.74) is 0.420. The van der Waals surface area contributed by atoms with Gasteiger partial charge in [0.25, 0.3) is 5.91 Å². The van der Waals surface area contributed by atoms with Crippen LogP contribution in [0, 0.1) is 0 Å². The zero-order valence-electron chi connectivity index (χ0n) is 17.2. The number of benzene rings is 2. The maximum absolute atomic E-state index is 13.5. The predicted molar refractivity (Wildman–Crippen MR) is 120 cm³/mol. The highest BCUT2D eigenvalue weighted by Crippen LogP contribution is 2.42. The number of morpholine rings is 1. The molecule has 9 nitrogen and oxygen atoms in total. The van der Waals surface area contributed by atoms with Crippen molar-refractivity contribution in [1.82, 2.24) is 9.29 Å². The molecule has 11 heteroatoms. The number of pyridine rings is 1. The van der Waals surface area contributed by atoms with Crippen molar-refractivity contribution in [2.45, 2.75) is 4.90 Å². The molecular weight excluding hydrogens is 470 g/mol. The number of nitrogens with zero attached hydrogens (tertiary/aromatic N) is 2. The number of hydrogen-bond donors (Lipinski definition) is 1. The number of hydrogen-bond acceptors (Lipinski definition) is 7. The third-order valence-corrected chi connectivity index (χ3v) is 7.31. The molecule has 2 aliphatic heterocycles. The van der Waals surface area contributed by atoms with E-state index >= 15 is 0 Å². The van der Waals surface area contributed by atoms with Crippen LogP contribution in [0.25, 0.3) is 0 Å². The molecule has 0 bridgehead atoms. The molecule has 1 aromatic heterocycles. The van der Waals surface area contributed by atoms with Crippen molar-refractivity contribution in [2.24, 2.45) is 0 Å². The molecule has 1 N–H and O–H groups in total. The summed E-state index contributed by atoms with van der Waals surface area (Å²) < 4.78 is 45.5. The van der Waals surface area contributed by atoms with Gasteiger partial charge in [0.15, 0.2) is 11.5 Å². The van der Waals surface area contributed by atoms with Gasteiger partial charge in [-0.05, 0) is 36.4 Å². The molecular formula is C22H18ClN3O6S. The van der Waals surface area contributed by atoms with Crippen molar-refractivity contribution in [3.8, 4) is 23.0 Å². The molecule has 33 heavy (non-hydrogen) atoms. The molecule has 2 aliphatic rings. The van der Waals surface area contributed by atoms with Gasteiger partial charge in [-0.3, -0.25) is 9.78 Å². The van der Waals surface area contributed by atoms with Gasteiger partial charge >= 0.3 is 0 Å². The summed E-state index contributed by atoms with van der Waals surface area (Å²) in [7, 11) is -4.00. The van der Waals surface area contributed by atoms with Crippen LogP contribution in [0.2, 0.25) is 5.02 Å². The van der Waals surface area contributed by atoms with Gasteiger partial charge in [0, 0.05) is 30.4 Å². The summed E-state index contributed by atoms with van der Waals surface area (Å²) >= 11 is 6.05. The number of fused-ring (bicyclic) bond motifs is 2. The molecule has 1 amide bonds. The number of amides is 1. The van der Waals surface area contributed by atoms with E-state index in [1.807, 2.05) is 0 Å². The fourth-order valence-electron chi connectivity index (χ4n) is 3.54. The van der Waals surface area contributed by atoms with Crippen molar-refractivity contribution >= 4 is 33.2 Å². The van der Waals surface area contributed by atoms with Crippen LogP contribution in [0.3, 0.4) is 0 Å². The molecule has 3 aromatic rings. The molecule has 0 unspecified atom stereocenters. The van der Waals surface area contributed by atoms with Gasteiger partial charge in [0.2, 0.25) is 10.0 Å². The van der Waals surface area contributed by atoms with E-state index in [0.29, 0.717) is 22.2 Å². The minimum atomic E-state index is -4.00. The first kappa shape index (κ1) is 21.7. The molecule has 170 valence electrons. The van der Waals surface area contributed by atoms with E-state index in [1.165, 1.54) is 22.6 Å². The standard InChI is InChI=1S/C22H18ClN3O6S/c23-14-3-4-18-17(10-14)25-22(27)16-11-21(33(28,29)26-6-8-30-9-7-26)20(12-19(16)32-18)31-15-2-1-5-24-13-15/h1-5,10-13H,6-9H2,(H,25,27). The smallest absolute Gasteiger partial charge is 0.259 e. The number of carbonyl (C=O) groups is 1. The number of rotatable bonds is 4. The Morgan fingerprint density at radius 3 is 2.67 bits per heavy atom. The first-order valence-corrected chi connectivity index (χ1v) is 11.9. The summed E-state index contributed by atoms with van der Waals surface area (Å²) in [5.74, 6) is 0.327. The van der Waals surface area contributed by atoms with E-state index in [2.05, 4.69) is 10.3 Å². The average molecular weight is 488 g/mol. The van der Waals surface area contributed by atoms with Gasteiger partial charge < -0.3 is 19.5 Å². The second-order valence-electron chi connectivity index (χ2n) is 7.30. The minimum Gasteiger partial charge on any atom is -0.454 e. The van der Waals surface area contributed by atoms with Crippen molar-refractivity contribution < 1.29 is 27.4 Å². The summed E-state index contributed by atoms with van der Waals surface area (Å²) in [5, 5.41) is 3.14. The van der Waals surface area contributed by atoms with Crippen LogP contribution in [-0.2, 0) is 14.8 Å². The summed E-state index contributed by atoms with van der Waals surface area (Å²) in [4.78, 5) is 16.8. The third kappa shape index (κ3) is 4.25. The first-order chi connectivity index (χ1) is 15.9. The second-order valence-corrected chi connectivity index (χ2v) is 9.64. The number of sulfonamides is 1. The van der Waals surface area contributed by atoms with Crippen molar-refractivity contribution in [2.75, 3.05) is 31.6 Å². The van der Waals surface area contributed by atoms with Gasteiger partial charge in [-0.1, -0.05) is 11.6 Å². The minimum absolute atomic E-state index is 0.0125. The molecule has 0 atom stereocenters. The topological polar surface area (TPSA) is 107 Å². The second kappa shape index (κ2) is 8.64. The fraction of sp³-hybridized carbons (Fsp3) is 0.182. The van der Waals surface area contributed by atoms with Gasteiger partial charge in [0.1, 0.15) is 16.4 Å². The van der Waals surface area contributed by atoms with Gasteiger partial charge in [-0.25, -0.2) is 8.42 Å². The molecule has 0 spiro atoms. The third-order valence-electron chi connectivity index (χ3n) is 5.15. The highest BCUT2D eigenvalue weighted by Gasteiger charge is 2.33. The molecule has 3 heterocycles. The molecule has 0 aliphatic carbocycles. The molecule has 2 aromatic carbocycles. The lowest BCUT2D eigenvalue weighted by molar-refractivity contribution is 0.0729. The Morgan fingerprint density at radius 2 is 1.91 bits per heavy atom. The van der Waals surface area contributed by atoms with Crippen LogP contribution in [0.5, 0.6) is 23.0 Å². The number of halogens is 1. The monoisotopic (exact) mass is 487 g/mol. The SMILES string of the molecule is O=C1Nc2cc(Cl)ccc2Oc2cc(Oc3cccnc3)c(S(=O)(=O)N3CCOCC3)cc21. The van der Waals surface area contributed by atoms with Gasteiger partial charge in [0.05, 0.1) is 30.7 Å². The predicted octanol–water partition coefficient (Wildman–Crippen LogP) is 3.91. The van der Waals surface area contributed by atoms with Gasteiger partial charge in [-0.15, -0.1) is 0 Å². The highest BCUT2D eigenvalue weighted by molar-refractivity contribution is 7.89. The zero-order chi connectivity index (χ0) is 23.0. The lowest BCUT2D eigenvalue weighted by Crippen LogP contribution is -2.40. The number of nitrogens with one attached hydrogen (secondary N) is 1. The Morgan fingerprint density at radius 1 is 1.09 bits per heavy atom. The molecule has 1 fully saturated rings. The van der Waals surface area contributed by atoms with Crippen LogP contribution in [0.15, 0.2) is 59.8 Å². The van der Waals surface area contributed by atoms with E-state index in [4.69, 9.17) is 25.8 Å². The van der Waals surface area contributed by atoms with Crippen LogP contribution in [0.1, 0.15) is 10.4 Å². The number of carbonyl (C=O) groups excluding carboxylic acids is 1. The van der Waals surface area contributed by atoms with Crippen LogP contribution in [0.4, 0.5) is 5.69 Å². The lowest BCUT2D eigenvalue weighted by atomic mass is 10.1. The van der Waals surface area contributed by atoms with Crippen molar-refractivity contribution in [3.05, 3.63) is 65.4 Å². The Bertz CT molecular complexity index is 1330. The zero-order valence-corrected chi connectivity index (χ0v) is 18.7.